The molecule has 3 aromatic heterocycles. The molecule has 0 radical (unpaired) electrons. The van der Waals surface area contributed by atoms with E-state index in [0.717, 1.165) is 10.3 Å². The largest absolute Gasteiger partial charge is 0.472 e. The highest BCUT2D eigenvalue weighted by Crippen LogP contribution is 2.50. The molecule has 2 fully saturated rings. The molecule has 9 atom stereocenters. The number of nitrogens with two attached hydrogens (primary N) is 2. The minimum Gasteiger partial charge on any atom is -0.455 e. The molecule has 5 heterocycles. The highest BCUT2D eigenvalue weighted by molar-refractivity contribution is 8.76. The van der Waals surface area contributed by atoms with Crippen molar-refractivity contribution < 1.29 is 61.5 Å². The van der Waals surface area contributed by atoms with Gasteiger partial charge in [0, 0.05) is 24.1 Å². The van der Waals surface area contributed by atoms with Gasteiger partial charge in [0.05, 0.1) is 19.5 Å². The molecule has 3 aromatic rings. The maximum atomic E-state index is 13.3. The van der Waals surface area contributed by atoms with Gasteiger partial charge in [-0.05, 0) is 13.1 Å². The maximum absolute atomic E-state index is 13.3. The second-order valence-electron chi connectivity index (χ2n) is 11.2. The molecule has 0 saturated carbocycles. The highest BCUT2D eigenvalue weighted by atomic mass is 33.1. The van der Waals surface area contributed by atoms with E-state index in [1.165, 1.54) is 51.1 Å². The maximum Gasteiger partial charge on any atom is 0.472 e. The summed E-state index contributed by atoms with van der Waals surface area (Å²) in [6, 6.07) is 0.500. The van der Waals surface area contributed by atoms with Crippen molar-refractivity contribution in [1.29, 1.82) is 0 Å². The Balaban J connectivity index is 1.34. The van der Waals surface area contributed by atoms with Gasteiger partial charge in [-0.3, -0.25) is 27.5 Å². The predicted molar refractivity (Wildman–Crippen MR) is 183 cm³/mol. The van der Waals surface area contributed by atoms with Crippen LogP contribution in [0.15, 0.2) is 29.7 Å². The number of anilines is 2. The van der Waals surface area contributed by atoms with Crippen LogP contribution in [0.5, 0.6) is 0 Å². The van der Waals surface area contributed by atoms with Crippen molar-refractivity contribution in [2.75, 3.05) is 43.2 Å². The van der Waals surface area contributed by atoms with E-state index in [1.54, 1.807) is 7.05 Å². The monoisotopic (exact) mass is 813 g/mol. The fraction of sp³-hybridized carbons (Fsp3) is 0.600. The van der Waals surface area contributed by atoms with Gasteiger partial charge in [-0.25, -0.2) is 28.9 Å². The Morgan fingerprint density at radius 2 is 1.87 bits per heavy atom. The Labute approximate surface area is 302 Å². The van der Waals surface area contributed by atoms with Crippen LogP contribution in [0.25, 0.3) is 11.2 Å². The number of hydrogen-bond acceptors (Lipinski definition) is 20. The Kier molecular flexibility index (Phi) is 13.3. The number of likely N-dealkylation sites (N-methyl/N-ethyl adjacent to an activating group) is 1. The molecule has 0 bridgehead atoms. The third kappa shape index (κ3) is 9.86. The van der Waals surface area contributed by atoms with Crippen molar-refractivity contribution >= 4 is 66.0 Å². The number of nitrogens with one attached hydrogen (secondary N) is 1. The van der Waals surface area contributed by atoms with Gasteiger partial charge in [0.25, 0.3) is 0 Å². The van der Waals surface area contributed by atoms with Gasteiger partial charge in [0.15, 0.2) is 23.8 Å². The van der Waals surface area contributed by atoms with Crippen LogP contribution in [0, 0.1) is 0 Å². The number of carbonyl (C=O) groups is 1. The number of rotatable bonds is 17. The van der Waals surface area contributed by atoms with Crippen LogP contribution >= 0.6 is 37.2 Å². The molecule has 52 heavy (non-hydrogen) atoms. The van der Waals surface area contributed by atoms with Gasteiger partial charge in [-0.1, -0.05) is 28.5 Å². The number of carbonyl (C=O) groups excluding carboxylic acids is 1. The number of imidazole rings is 1. The lowest BCUT2D eigenvalue weighted by Gasteiger charge is -2.25. The Bertz CT molecular complexity index is 1870. The first-order valence-corrected chi connectivity index (χ1v) is 20.9. The molecule has 0 aromatic carbocycles. The van der Waals surface area contributed by atoms with Crippen LogP contribution in [0.3, 0.4) is 0 Å². The molecule has 2 saturated heterocycles. The number of aromatic nitrogens is 6. The lowest BCUT2D eigenvalue weighted by atomic mass is 10.1. The first-order valence-electron chi connectivity index (χ1n) is 15.4. The van der Waals surface area contributed by atoms with Crippen molar-refractivity contribution in [3.63, 3.8) is 0 Å². The highest BCUT2D eigenvalue weighted by Gasteiger charge is 2.50. The number of nitrogens with zero attached hydrogens (tertiary/aromatic N) is 6. The second kappa shape index (κ2) is 17.2. The van der Waals surface area contributed by atoms with Gasteiger partial charge in [-0.15, -0.1) is 0 Å². The third-order valence-electron chi connectivity index (χ3n) is 7.71. The number of ether oxygens (including phenoxy) is 3. The summed E-state index contributed by atoms with van der Waals surface area (Å²) >= 11 is 0. The lowest BCUT2D eigenvalue weighted by Crippen LogP contribution is -2.45. The summed E-state index contributed by atoms with van der Waals surface area (Å²) in [5, 5.41) is 14.3. The van der Waals surface area contributed by atoms with E-state index in [9.17, 15) is 38.5 Å². The molecule has 0 amide bonds. The van der Waals surface area contributed by atoms with E-state index in [4.69, 9.17) is 34.7 Å². The molecule has 1 unspecified atom stereocenters. The summed E-state index contributed by atoms with van der Waals surface area (Å²) in [6.07, 6.45) is -6.30. The Hall–Kier alpha value is -2.74. The van der Waals surface area contributed by atoms with E-state index >= 15 is 0 Å². The number of nitrogen functional groups attached to an aromatic ring is 2. The summed E-state index contributed by atoms with van der Waals surface area (Å²) in [5.41, 5.74) is 11.0. The van der Waals surface area contributed by atoms with Crippen molar-refractivity contribution in [3.8, 4) is 0 Å². The zero-order valence-corrected chi connectivity index (χ0v) is 30.8. The molecule has 0 spiro atoms. The van der Waals surface area contributed by atoms with Gasteiger partial charge < -0.3 is 50.8 Å². The summed E-state index contributed by atoms with van der Waals surface area (Å²) in [6.45, 7) is 0.362. The third-order valence-corrected chi connectivity index (χ3v) is 11.7. The molecular formula is C25H37N9O14P2S2. The standard InChI is InChI=1S/C25H37N9O14P2S2/c1-3-51-52-9-12(28-2)24(36)47-20-15(46-23(19(20)35)34-11-31-18-21(27)29-10-30-22(18)34)8-44-50(41,42)48-13-6-17(33-5-4-16(26)32-25(33)37)45-14(13)7-43-49(38,39)40/h4-5,10-15,17,19-20,23,28,35H,3,6-9H2,1-2H3,(H,41,42)(H2,26,32,37)(H2,27,29,30)(H2,38,39,40)/t12-,13-,14+,15+,17+,19+,20+,23+/m0/s1. The van der Waals surface area contributed by atoms with Crippen molar-refractivity contribution in [2.45, 2.75) is 62.4 Å². The Morgan fingerprint density at radius 1 is 1.12 bits per heavy atom. The topological polar surface area (TPSA) is 330 Å². The second-order valence-corrected chi connectivity index (χ2v) is 16.6. The summed E-state index contributed by atoms with van der Waals surface area (Å²) < 4.78 is 59.6. The van der Waals surface area contributed by atoms with E-state index in [1.807, 2.05) is 6.92 Å². The number of aliphatic hydroxyl groups is 1. The number of aliphatic hydroxyl groups excluding tert-OH is 1. The van der Waals surface area contributed by atoms with E-state index in [0.29, 0.717) is 5.75 Å². The molecule has 5 rings (SSSR count). The van der Waals surface area contributed by atoms with E-state index in [2.05, 4.69) is 29.8 Å². The van der Waals surface area contributed by atoms with Crippen LogP contribution < -0.4 is 22.5 Å². The van der Waals surface area contributed by atoms with Gasteiger partial charge in [0.2, 0.25) is 0 Å². The quantitative estimate of drug-likeness (QED) is 0.0384. The van der Waals surface area contributed by atoms with Crippen LogP contribution in [-0.4, -0.2) is 123 Å². The number of esters is 1. The molecule has 288 valence electrons. The van der Waals surface area contributed by atoms with E-state index in [-0.39, 0.29) is 29.2 Å². The fourth-order valence-corrected chi connectivity index (χ4v) is 8.49. The van der Waals surface area contributed by atoms with Crippen LogP contribution in [-0.2, 0) is 41.7 Å². The Morgan fingerprint density at radius 3 is 2.56 bits per heavy atom. The normalized spacial score (nSPS) is 26.8. The van der Waals surface area contributed by atoms with Crippen molar-refractivity contribution in [1.82, 2.24) is 34.4 Å². The zero-order chi connectivity index (χ0) is 37.8. The zero-order valence-electron chi connectivity index (χ0n) is 27.4. The first kappa shape index (κ1) is 40.4. The van der Waals surface area contributed by atoms with Crippen LogP contribution in [0.2, 0.25) is 0 Å². The number of hydrogen-bond donors (Lipinski definition) is 7. The first-order chi connectivity index (χ1) is 24.6. The van der Waals surface area contributed by atoms with Crippen molar-refractivity contribution in [2.24, 2.45) is 0 Å². The number of phosphoric acid groups is 2. The smallest absolute Gasteiger partial charge is 0.455 e. The molecule has 9 N–H and O–H groups in total. The SMILES string of the molecule is CCSSC[C@H](NC)C(=O)O[C@H]1[C@@H](O)[C@H](n2cnc3c(N)ncnc32)O[C@@H]1COP(=O)(O)O[C@H]1C[C@H](n2ccc(N)nc2=O)O[C@@H]1COP(=O)(O)O. The van der Waals surface area contributed by atoms with Gasteiger partial charge >= 0.3 is 27.3 Å². The predicted octanol–water partition coefficient (Wildman–Crippen LogP) is -0.694. The minimum atomic E-state index is -5.11. The van der Waals surface area contributed by atoms with Crippen molar-refractivity contribution in [3.05, 3.63) is 35.4 Å². The summed E-state index contributed by atoms with van der Waals surface area (Å²) in [4.78, 5) is 70.7. The lowest BCUT2D eigenvalue weighted by molar-refractivity contribution is -0.158. The fourth-order valence-electron chi connectivity index (χ4n) is 5.29. The van der Waals surface area contributed by atoms with Crippen LogP contribution in [0.1, 0.15) is 25.8 Å². The van der Waals surface area contributed by atoms with Gasteiger partial charge in [0.1, 0.15) is 54.3 Å². The number of phosphoric ester groups is 2. The molecule has 2 aliphatic rings. The minimum absolute atomic E-state index is 0.0527. The molecule has 23 nitrogen and oxygen atoms in total. The summed E-state index contributed by atoms with van der Waals surface area (Å²) in [7, 11) is -5.62. The molecule has 0 aliphatic carbocycles. The molecule has 2 aliphatic heterocycles. The number of fused-ring (bicyclic) bond motifs is 1. The molecular weight excluding hydrogens is 776 g/mol. The average molecular weight is 814 g/mol. The average Bonchev–Trinajstić information content (AvgIpc) is 3.76. The van der Waals surface area contributed by atoms with Crippen LogP contribution in [0.4, 0.5) is 11.6 Å². The van der Waals surface area contributed by atoms with Gasteiger partial charge in [-0.2, -0.15) is 4.98 Å². The molecule has 27 heteroatoms. The summed E-state index contributed by atoms with van der Waals surface area (Å²) in [5.74, 6) is 0.341. The van der Waals surface area contributed by atoms with E-state index < -0.39 is 89.5 Å².